The van der Waals surface area contributed by atoms with Gasteiger partial charge in [-0.3, -0.25) is 0 Å². The van der Waals surface area contributed by atoms with Gasteiger partial charge in [0.15, 0.2) is 0 Å². The molecular weight excluding hydrogens is 152 g/mol. The molecule has 0 bridgehead atoms. The first-order valence-corrected chi connectivity index (χ1v) is 4.82. The van der Waals surface area contributed by atoms with Crippen molar-refractivity contribution in [3.8, 4) is 0 Å². The average molecular weight is 172 g/mol. The zero-order valence-electron chi connectivity index (χ0n) is 8.25. The van der Waals surface area contributed by atoms with E-state index in [4.69, 9.17) is 5.11 Å². The van der Waals surface area contributed by atoms with Gasteiger partial charge in [-0.1, -0.05) is 13.8 Å². The number of aliphatic hydroxyl groups excluding tert-OH is 1. The molecule has 1 saturated carbocycles. The van der Waals surface area contributed by atoms with E-state index >= 15 is 0 Å². The van der Waals surface area contributed by atoms with Crippen LogP contribution in [0.4, 0.5) is 0 Å². The molecule has 0 saturated heterocycles. The summed E-state index contributed by atoms with van der Waals surface area (Å²) in [7, 11) is 0. The number of hydrogen-bond acceptors (Lipinski definition) is 2. The van der Waals surface area contributed by atoms with Gasteiger partial charge in [-0.2, -0.15) is 0 Å². The Morgan fingerprint density at radius 3 is 2.42 bits per heavy atom. The van der Waals surface area contributed by atoms with E-state index in [2.05, 4.69) is 13.8 Å². The van der Waals surface area contributed by atoms with Gasteiger partial charge in [0.1, 0.15) is 0 Å². The first kappa shape index (κ1) is 10.0. The molecule has 0 heterocycles. The second-order valence-corrected chi connectivity index (χ2v) is 4.59. The summed E-state index contributed by atoms with van der Waals surface area (Å²) in [6.45, 7) is 6.29. The second-order valence-electron chi connectivity index (χ2n) is 4.59. The van der Waals surface area contributed by atoms with Gasteiger partial charge in [-0.15, -0.1) is 0 Å². The maximum atomic E-state index is 9.91. The summed E-state index contributed by atoms with van der Waals surface area (Å²) in [6, 6.07) is 0. The predicted octanol–water partition coefficient (Wildman–Crippen LogP) is 1.41. The van der Waals surface area contributed by atoms with Gasteiger partial charge in [-0.25, -0.2) is 0 Å². The highest BCUT2D eigenvalue weighted by atomic mass is 16.3. The molecule has 0 aliphatic heterocycles. The van der Waals surface area contributed by atoms with Crippen LogP contribution in [0.25, 0.3) is 0 Å². The standard InChI is InChI=1S/C10H20O2/c1-7(2)8-4-5-10(3,12)9(8)6-11/h7-9,11-12H,4-6H2,1-3H3/t8-,9-,10+/m0/s1. The Morgan fingerprint density at radius 1 is 1.50 bits per heavy atom. The van der Waals surface area contributed by atoms with E-state index in [-0.39, 0.29) is 12.5 Å². The second kappa shape index (κ2) is 3.35. The van der Waals surface area contributed by atoms with Crippen LogP contribution in [-0.4, -0.2) is 22.4 Å². The van der Waals surface area contributed by atoms with Crippen molar-refractivity contribution in [3.05, 3.63) is 0 Å². The normalized spacial score (nSPS) is 42.5. The van der Waals surface area contributed by atoms with Crippen molar-refractivity contribution in [2.45, 2.75) is 39.2 Å². The van der Waals surface area contributed by atoms with E-state index < -0.39 is 5.60 Å². The van der Waals surface area contributed by atoms with Crippen LogP contribution >= 0.6 is 0 Å². The minimum Gasteiger partial charge on any atom is -0.396 e. The summed E-state index contributed by atoms with van der Waals surface area (Å²) in [6.07, 6.45) is 1.89. The van der Waals surface area contributed by atoms with Crippen LogP contribution < -0.4 is 0 Å². The molecule has 0 amide bonds. The number of aliphatic hydroxyl groups is 2. The van der Waals surface area contributed by atoms with Gasteiger partial charge in [-0.05, 0) is 31.6 Å². The molecule has 12 heavy (non-hydrogen) atoms. The van der Waals surface area contributed by atoms with Crippen molar-refractivity contribution in [2.75, 3.05) is 6.61 Å². The molecule has 0 aromatic heterocycles. The van der Waals surface area contributed by atoms with Crippen molar-refractivity contribution < 1.29 is 10.2 Å². The third kappa shape index (κ3) is 1.64. The first-order chi connectivity index (χ1) is 5.49. The fraction of sp³-hybridized carbons (Fsp3) is 1.00. The molecule has 3 atom stereocenters. The Hall–Kier alpha value is -0.0800. The van der Waals surface area contributed by atoms with E-state index in [0.717, 1.165) is 12.8 Å². The maximum Gasteiger partial charge on any atom is 0.0672 e. The lowest BCUT2D eigenvalue weighted by atomic mass is 9.82. The molecule has 1 aliphatic carbocycles. The molecule has 0 aromatic carbocycles. The van der Waals surface area contributed by atoms with Gasteiger partial charge >= 0.3 is 0 Å². The van der Waals surface area contributed by atoms with Gasteiger partial charge in [0, 0.05) is 12.5 Å². The highest BCUT2D eigenvalue weighted by molar-refractivity contribution is 4.94. The van der Waals surface area contributed by atoms with Gasteiger partial charge in [0.25, 0.3) is 0 Å². The zero-order chi connectivity index (χ0) is 9.35. The van der Waals surface area contributed by atoms with E-state index in [9.17, 15) is 5.11 Å². The Labute approximate surface area is 74.6 Å². The molecule has 1 rings (SSSR count). The van der Waals surface area contributed by atoms with Crippen molar-refractivity contribution >= 4 is 0 Å². The topological polar surface area (TPSA) is 40.5 Å². The average Bonchev–Trinajstić information content (AvgIpc) is 2.24. The summed E-state index contributed by atoms with van der Waals surface area (Å²) in [5.74, 6) is 1.14. The van der Waals surface area contributed by atoms with Crippen molar-refractivity contribution in [2.24, 2.45) is 17.8 Å². The lowest BCUT2D eigenvalue weighted by molar-refractivity contribution is -0.0202. The van der Waals surface area contributed by atoms with Crippen LogP contribution in [-0.2, 0) is 0 Å². The van der Waals surface area contributed by atoms with Crippen LogP contribution in [0.1, 0.15) is 33.6 Å². The summed E-state index contributed by atoms with van der Waals surface area (Å²) in [4.78, 5) is 0. The quantitative estimate of drug-likeness (QED) is 0.661. The summed E-state index contributed by atoms with van der Waals surface area (Å²) in [5, 5.41) is 19.1. The Bertz CT molecular complexity index is 152. The first-order valence-electron chi connectivity index (χ1n) is 4.82. The molecule has 2 N–H and O–H groups in total. The molecule has 0 spiro atoms. The van der Waals surface area contributed by atoms with Crippen molar-refractivity contribution in [1.29, 1.82) is 0 Å². The monoisotopic (exact) mass is 172 g/mol. The third-order valence-corrected chi connectivity index (χ3v) is 3.35. The van der Waals surface area contributed by atoms with E-state index in [1.54, 1.807) is 0 Å². The highest BCUT2D eigenvalue weighted by Crippen LogP contribution is 2.43. The van der Waals surface area contributed by atoms with E-state index in [1.807, 2.05) is 6.92 Å². The van der Waals surface area contributed by atoms with Gasteiger partial charge in [0.05, 0.1) is 5.60 Å². The molecule has 0 unspecified atom stereocenters. The summed E-state index contributed by atoms with van der Waals surface area (Å²) < 4.78 is 0. The fourth-order valence-electron chi connectivity index (χ4n) is 2.44. The predicted molar refractivity (Wildman–Crippen MR) is 48.8 cm³/mol. The van der Waals surface area contributed by atoms with Gasteiger partial charge < -0.3 is 10.2 Å². The zero-order valence-corrected chi connectivity index (χ0v) is 8.25. The van der Waals surface area contributed by atoms with Crippen LogP contribution in [0.15, 0.2) is 0 Å². The Balaban J connectivity index is 2.69. The Morgan fingerprint density at radius 2 is 2.08 bits per heavy atom. The smallest absolute Gasteiger partial charge is 0.0672 e. The van der Waals surface area contributed by atoms with Crippen LogP contribution in [0.2, 0.25) is 0 Å². The van der Waals surface area contributed by atoms with Crippen LogP contribution in [0, 0.1) is 17.8 Å². The molecule has 0 aromatic rings. The fourth-order valence-corrected chi connectivity index (χ4v) is 2.44. The Kier molecular flexibility index (Phi) is 2.79. The molecule has 2 heteroatoms. The van der Waals surface area contributed by atoms with E-state index in [0.29, 0.717) is 11.8 Å². The molecule has 2 nitrogen and oxygen atoms in total. The molecule has 1 fully saturated rings. The van der Waals surface area contributed by atoms with Crippen molar-refractivity contribution in [3.63, 3.8) is 0 Å². The van der Waals surface area contributed by atoms with E-state index in [1.165, 1.54) is 0 Å². The van der Waals surface area contributed by atoms with Crippen molar-refractivity contribution in [1.82, 2.24) is 0 Å². The molecular formula is C10H20O2. The lowest BCUT2D eigenvalue weighted by Gasteiger charge is -2.29. The number of rotatable bonds is 2. The SMILES string of the molecule is CC(C)[C@@H]1CC[C@@](C)(O)[C@H]1CO. The van der Waals surface area contributed by atoms with Crippen LogP contribution in [0.5, 0.6) is 0 Å². The molecule has 72 valence electrons. The highest BCUT2D eigenvalue weighted by Gasteiger charge is 2.44. The molecule has 0 radical (unpaired) electrons. The lowest BCUT2D eigenvalue weighted by Crippen LogP contribution is -2.35. The number of hydrogen-bond donors (Lipinski definition) is 2. The minimum absolute atomic E-state index is 0.0810. The molecule has 1 aliphatic rings. The summed E-state index contributed by atoms with van der Waals surface area (Å²) >= 11 is 0. The minimum atomic E-state index is -0.635. The summed E-state index contributed by atoms with van der Waals surface area (Å²) in [5.41, 5.74) is -0.635. The largest absolute Gasteiger partial charge is 0.396 e. The maximum absolute atomic E-state index is 9.91. The van der Waals surface area contributed by atoms with Crippen LogP contribution in [0.3, 0.4) is 0 Å². The van der Waals surface area contributed by atoms with Gasteiger partial charge in [0.2, 0.25) is 0 Å². The third-order valence-electron chi connectivity index (χ3n) is 3.35.